The Bertz CT molecular complexity index is 666. The molecule has 1 aliphatic rings. The third kappa shape index (κ3) is 4.23. The summed E-state index contributed by atoms with van der Waals surface area (Å²) in [6.45, 7) is 2.49. The molecule has 0 unspecified atom stereocenters. The van der Waals surface area contributed by atoms with Crippen LogP contribution in [0.15, 0.2) is 42.6 Å². The van der Waals surface area contributed by atoms with E-state index in [9.17, 15) is 4.79 Å². The topological polar surface area (TPSA) is 45.2 Å². The van der Waals surface area contributed by atoms with Crippen LogP contribution in [0.1, 0.15) is 28.9 Å². The molecule has 1 aromatic heterocycles. The van der Waals surface area contributed by atoms with E-state index in [1.54, 1.807) is 12.3 Å². The Kier molecular flexibility index (Phi) is 5.13. The van der Waals surface area contributed by atoms with Gasteiger partial charge in [-0.05, 0) is 49.1 Å². The Morgan fingerprint density at radius 2 is 2.04 bits per heavy atom. The molecular weight excluding hydrogens is 310 g/mol. The highest BCUT2D eigenvalue weighted by atomic mass is 35.5. The second-order valence-corrected chi connectivity index (χ2v) is 6.17. The fourth-order valence-corrected chi connectivity index (χ4v) is 2.96. The number of hydrogen-bond donors (Lipinski definition) is 1. The van der Waals surface area contributed by atoms with Crippen molar-refractivity contribution in [3.8, 4) is 0 Å². The van der Waals surface area contributed by atoms with Gasteiger partial charge >= 0.3 is 0 Å². The van der Waals surface area contributed by atoms with Gasteiger partial charge in [0.05, 0.1) is 11.9 Å². The molecule has 1 aromatic carbocycles. The lowest BCUT2D eigenvalue weighted by Gasteiger charge is -2.14. The fourth-order valence-electron chi connectivity index (χ4n) is 2.75. The van der Waals surface area contributed by atoms with Crippen molar-refractivity contribution in [2.24, 2.45) is 0 Å². The molecule has 2 heterocycles. The highest BCUT2D eigenvalue weighted by molar-refractivity contribution is 6.30. The summed E-state index contributed by atoms with van der Waals surface area (Å²) in [6, 6.07) is 11.6. The first-order chi connectivity index (χ1) is 11.2. The van der Waals surface area contributed by atoms with Crippen molar-refractivity contribution in [1.82, 2.24) is 9.88 Å². The number of anilines is 1. The zero-order valence-electron chi connectivity index (χ0n) is 13.0. The zero-order chi connectivity index (χ0) is 16.1. The number of aromatic nitrogens is 1. The van der Waals surface area contributed by atoms with Gasteiger partial charge in [0.1, 0.15) is 5.69 Å². The molecule has 1 fully saturated rings. The number of amides is 1. The quantitative estimate of drug-likeness (QED) is 0.911. The molecule has 4 nitrogen and oxygen atoms in total. The number of pyridine rings is 1. The first-order valence-corrected chi connectivity index (χ1v) is 8.34. The number of nitrogens with one attached hydrogen (secondary N) is 1. The second-order valence-electron chi connectivity index (χ2n) is 5.74. The van der Waals surface area contributed by atoms with Crippen molar-refractivity contribution in [2.45, 2.75) is 19.3 Å². The highest BCUT2D eigenvalue weighted by Gasteiger charge is 2.20. The van der Waals surface area contributed by atoms with Crippen LogP contribution in [0, 0.1) is 0 Å². The average Bonchev–Trinajstić information content (AvgIpc) is 3.09. The third-order valence-electron chi connectivity index (χ3n) is 4.01. The van der Waals surface area contributed by atoms with Gasteiger partial charge in [0.25, 0.3) is 5.91 Å². The Balaban J connectivity index is 1.52. The molecule has 2 aromatic rings. The van der Waals surface area contributed by atoms with Crippen molar-refractivity contribution in [1.29, 1.82) is 0 Å². The van der Waals surface area contributed by atoms with Gasteiger partial charge in [0.2, 0.25) is 0 Å². The Labute approximate surface area is 141 Å². The summed E-state index contributed by atoms with van der Waals surface area (Å²) in [5, 5.41) is 4.08. The minimum Gasteiger partial charge on any atom is -0.383 e. The molecule has 1 N–H and O–H groups in total. The maximum atomic E-state index is 12.2. The normalized spacial score (nSPS) is 14.0. The molecule has 0 spiro atoms. The van der Waals surface area contributed by atoms with Gasteiger partial charge in [-0.3, -0.25) is 4.79 Å². The molecule has 3 rings (SSSR count). The maximum absolute atomic E-state index is 12.2. The lowest BCUT2D eigenvalue weighted by atomic mass is 10.1. The van der Waals surface area contributed by atoms with Crippen LogP contribution in [-0.2, 0) is 6.42 Å². The van der Waals surface area contributed by atoms with E-state index in [0.29, 0.717) is 5.69 Å². The smallest absolute Gasteiger partial charge is 0.272 e. The maximum Gasteiger partial charge on any atom is 0.272 e. The molecule has 1 amide bonds. The molecule has 23 heavy (non-hydrogen) atoms. The van der Waals surface area contributed by atoms with Crippen LogP contribution in [0.2, 0.25) is 5.02 Å². The van der Waals surface area contributed by atoms with Crippen LogP contribution in [0.3, 0.4) is 0 Å². The van der Waals surface area contributed by atoms with E-state index >= 15 is 0 Å². The standard InChI is InChI=1S/C18H20ClN3O/c19-15-5-3-4-14(12-15)8-9-20-16-6-7-17(21-13-16)18(23)22-10-1-2-11-22/h3-7,12-13,20H,1-2,8-11H2. The summed E-state index contributed by atoms with van der Waals surface area (Å²) < 4.78 is 0. The summed E-state index contributed by atoms with van der Waals surface area (Å²) in [7, 11) is 0. The Morgan fingerprint density at radius 1 is 1.22 bits per heavy atom. The first-order valence-electron chi connectivity index (χ1n) is 7.96. The SMILES string of the molecule is O=C(c1ccc(NCCc2cccc(Cl)c2)cn1)N1CCCC1. The number of rotatable bonds is 5. The highest BCUT2D eigenvalue weighted by Crippen LogP contribution is 2.14. The molecule has 0 atom stereocenters. The van der Waals surface area contributed by atoms with Crippen molar-refractivity contribution in [3.05, 3.63) is 58.9 Å². The molecule has 120 valence electrons. The summed E-state index contributed by atoms with van der Waals surface area (Å²) >= 11 is 5.98. The molecule has 0 bridgehead atoms. The van der Waals surface area contributed by atoms with Crippen LogP contribution in [0.25, 0.3) is 0 Å². The number of nitrogens with zero attached hydrogens (tertiary/aromatic N) is 2. The molecule has 5 heteroatoms. The van der Waals surface area contributed by atoms with Crippen molar-refractivity contribution in [3.63, 3.8) is 0 Å². The van der Waals surface area contributed by atoms with Gasteiger partial charge in [-0.25, -0.2) is 4.98 Å². The van der Waals surface area contributed by atoms with E-state index < -0.39 is 0 Å². The summed E-state index contributed by atoms with van der Waals surface area (Å²) in [4.78, 5) is 18.4. The van der Waals surface area contributed by atoms with Crippen molar-refractivity contribution < 1.29 is 4.79 Å². The minimum absolute atomic E-state index is 0.0352. The van der Waals surface area contributed by atoms with Crippen LogP contribution < -0.4 is 5.32 Å². The predicted molar refractivity (Wildman–Crippen MR) is 93.0 cm³/mol. The van der Waals surface area contributed by atoms with E-state index in [4.69, 9.17) is 11.6 Å². The molecule has 1 aliphatic heterocycles. The van der Waals surface area contributed by atoms with Gasteiger partial charge in [0.15, 0.2) is 0 Å². The number of benzene rings is 1. The van der Waals surface area contributed by atoms with Gasteiger partial charge in [-0.1, -0.05) is 23.7 Å². The third-order valence-corrected chi connectivity index (χ3v) is 4.24. The number of carbonyl (C=O) groups is 1. The Hall–Kier alpha value is -2.07. The predicted octanol–water partition coefficient (Wildman–Crippen LogP) is 3.63. The van der Waals surface area contributed by atoms with Crippen molar-refractivity contribution in [2.75, 3.05) is 25.0 Å². The van der Waals surface area contributed by atoms with Crippen molar-refractivity contribution >= 4 is 23.2 Å². The largest absolute Gasteiger partial charge is 0.383 e. The summed E-state index contributed by atoms with van der Waals surface area (Å²) in [5.74, 6) is 0.0352. The van der Waals surface area contributed by atoms with E-state index in [-0.39, 0.29) is 5.91 Å². The van der Waals surface area contributed by atoms with E-state index in [1.807, 2.05) is 29.2 Å². The first kappa shape index (κ1) is 15.8. The zero-order valence-corrected chi connectivity index (χ0v) is 13.7. The molecule has 1 saturated heterocycles. The molecule has 0 saturated carbocycles. The average molecular weight is 330 g/mol. The number of halogens is 1. The van der Waals surface area contributed by atoms with Crippen LogP contribution in [-0.4, -0.2) is 35.4 Å². The van der Waals surface area contributed by atoms with E-state index in [0.717, 1.165) is 49.6 Å². The number of likely N-dealkylation sites (tertiary alicyclic amines) is 1. The molecule has 0 radical (unpaired) electrons. The number of carbonyl (C=O) groups excluding carboxylic acids is 1. The monoisotopic (exact) mass is 329 g/mol. The lowest BCUT2D eigenvalue weighted by Crippen LogP contribution is -2.28. The summed E-state index contributed by atoms with van der Waals surface area (Å²) in [6.07, 6.45) is 4.79. The van der Waals surface area contributed by atoms with Crippen LogP contribution >= 0.6 is 11.6 Å². The van der Waals surface area contributed by atoms with Gasteiger partial charge in [-0.15, -0.1) is 0 Å². The lowest BCUT2D eigenvalue weighted by molar-refractivity contribution is 0.0787. The van der Waals surface area contributed by atoms with Gasteiger partial charge < -0.3 is 10.2 Å². The molecule has 0 aliphatic carbocycles. The van der Waals surface area contributed by atoms with Crippen LogP contribution in [0.4, 0.5) is 5.69 Å². The Morgan fingerprint density at radius 3 is 2.74 bits per heavy atom. The summed E-state index contributed by atoms with van der Waals surface area (Å²) in [5.41, 5.74) is 2.64. The van der Waals surface area contributed by atoms with Crippen LogP contribution in [0.5, 0.6) is 0 Å². The fraction of sp³-hybridized carbons (Fsp3) is 0.333. The van der Waals surface area contributed by atoms with Gasteiger partial charge in [-0.2, -0.15) is 0 Å². The second kappa shape index (κ2) is 7.47. The van der Waals surface area contributed by atoms with E-state index in [2.05, 4.69) is 16.4 Å². The molecular formula is C18H20ClN3O. The van der Waals surface area contributed by atoms with E-state index in [1.165, 1.54) is 5.56 Å². The number of hydrogen-bond acceptors (Lipinski definition) is 3. The minimum atomic E-state index is 0.0352. The van der Waals surface area contributed by atoms with Gasteiger partial charge in [0, 0.05) is 24.7 Å².